The van der Waals surface area contributed by atoms with Gasteiger partial charge in [-0.2, -0.15) is 0 Å². The lowest BCUT2D eigenvalue weighted by Crippen LogP contribution is -2.17. The molecule has 0 saturated carbocycles. The van der Waals surface area contributed by atoms with Crippen LogP contribution < -0.4 is 16.8 Å². The third-order valence-corrected chi connectivity index (χ3v) is 2.96. The molecule has 0 radical (unpaired) electrons. The molecule has 0 atom stereocenters. The second kappa shape index (κ2) is 8.76. The number of nitrogens with two attached hydrogens (primary N) is 2. The van der Waals surface area contributed by atoms with Crippen LogP contribution in [0, 0.1) is 6.92 Å². The second-order valence-corrected chi connectivity index (χ2v) is 4.83. The predicted octanol–water partition coefficient (Wildman–Crippen LogP) is 1.34. The summed E-state index contributed by atoms with van der Waals surface area (Å²) in [6.07, 6.45) is 0. The number of rotatable bonds is 4. The van der Waals surface area contributed by atoms with E-state index in [0.29, 0.717) is 24.5 Å². The van der Waals surface area contributed by atoms with Crippen molar-refractivity contribution in [1.29, 1.82) is 0 Å². The quantitative estimate of drug-likeness (QED) is 0.288. The van der Waals surface area contributed by atoms with Gasteiger partial charge in [0.1, 0.15) is 11.5 Å². The molecular weight excluding hydrogens is 282 g/mol. The van der Waals surface area contributed by atoms with Gasteiger partial charge in [0.2, 0.25) is 0 Å². The molecule has 0 amide bonds. The van der Waals surface area contributed by atoms with Crippen LogP contribution in [0.4, 0.5) is 11.4 Å². The van der Waals surface area contributed by atoms with Crippen molar-refractivity contribution in [3.8, 4) is 11.5 Å². The molecule has 0 fully saturated rings. The SMILES string of the molecule is Cc1cc(O)ccc1N.Nc1ccc(O)c(CNCCO)c1. The summed E-state index contributed by atoms with van der Waals surface area (Å²) in [7, 11) is 0. The molecule has 0 heterocycles. The first kappa shape index (κ1) is 17.6. The summed E-state index contributed by atoms with van der Waals surface area (Å²) in [6, 6.07) is 9.80. The molecule has 0 bridgehead atoms. The molecule has 0 aromatic heterocycles. The van der Waals surface area contributed by atoms with Crippen molar-refractivity contribution < 1.29 is 15.3 Å². The van der Waals surface area contributed by atoms with Crippen LogP contribution in [0.3, 0.4) is 0 Å². The van der Waals surface area contributed by atoms with Crippen LogP contribution in [0.5, 0.6) is 11.5 Å². The van der Waals surface area contributed by atoms with Crippen molar-refractivity contribution >= 4 is 11.4 Å². The number of aryl methyl sites for hydroxylation is 1. The Labute approximate surface area is 130 Å². The van der Waals surface area contributed by atoms with Gasteiger partial charge in [0.15, 0.2) is 0 Å². The Balaban J connectivity index is 0.000000235. The van der Waals surface area contributed by atoms with E-state index in [1.807, 2.05) is 6.92 Å². The van der Waals surface area contributed by atoms with E-state index in [1.165, 1.54) is 0 Å². The first-order chi connectivity index (χ1) is 10.4. The number of hydrogen-bond donors (Lipinski definition) is 6. The maximum absolute atomic E-state index is 9.38. The Hall–Kier alpha value is -2.44. The molecule has 0 unspecified atom stereocenters. The lowest BCUT2D eigenvalue weighted by molar-refractivity contribution is 0.291. The zero-order valence-corrected chi connectivity index (χ0v) is 12.6. The molecule has 6 heteroatoms. The molecule has 8 N–H and O–H groups in total. The van der Waals surface area contributed by atoms with Gasteiger partial charge in [-0.25, -0.2) is 0 Å². The van der Waals surface area contributed by atoms with Crippen LogP contribution in [0.1, 0.15) is 11.1 Å². The first-order valence-corrected chi connectivity index (χ1v) is 6.88. The van der Waals surface area contributed by atoms with Crippen LogP contribution in [-0.4, -0.2) is 28.5 Å². The average molecular weight is 305 g/mol. The molecule has 2 aromatic rings. The van der Waals surface area contributed by atoms with E-state index >= 15 is 0 Å². The highest BCUT2D eigenvalue weighted by molar-refractivity contribution is 5.49. The Morgan fingerprint density at radius 3 is 2.36 bits per heavy atom. The summed E-state index contributed by atoms with van der Waals surface area (Å²) in [5.74, 6) is 0.487. The molecule has 0 spiro atoms. The minimum atomic E-state index is 0.0864. The first-order valence-electron chi connectivity index (χ1n) is 6.88. The molecule has 6 nitrogen and oxygen atoms in total. The number of hydrogen-bond acceptors (Lipinski definition) is 6. The fourth-order valence-corrected chi connectivity index (χ4v) is 1.71. The van der Waals surface area contributed by atoms with Crippen LogP contribution in [-0.2, 0) is 6.54 Å². The number of aromatic hydroxyl groups is 2. The van der Waals surface area contributed by atoms with Gasteiger partial charge in [-0.1, -0.05) is 0 Å². The molecule has 2 rings (SSSR count). The maximum atomic E-state index is 9.38. The van der Waals surface area contributed by atoms with Gasteiger partial charge in [-0.05, 0) is 48.9 Å². The van der Waals surface area contributed by atoms with Crippen molar-refractivity contribution in [3.63, 3.8) is 0 Å². The highest BCUT2D eigenvalue weighted by Crippen LogP contribution is 2.19. The Morgan fingerprint density at radius 1 is 1.05 bits per heavy atom. The van der Waals surface area contributed by atoms with Gasteiger partial charge in [-0.3, -0.25) is 0 Å². The van der Waals surface area contributed by atoms with E-state index in [-0.39, 0.29) is 18.1 Å². The lowest BCUT2D eigenvalue weighted by atomic mass is 10.2. The number of nitrogen functional groups attached to an aromatic ring is 2. The van der Waals surface area contributed by atoms with Gasteiger partial charge < -0.3 is 32.1 Å². The number of phenols is 2. The predicted molar refractivity (Wildman–Crippen MR) is 88.6 cm³/mol. The van der Waals surface area contributed by atoms with Crippen LogP contribution >= 0.6 is 0 Å². The molecule has 0 aliphatic heterocycles. The highest BCUT2D eigenvalue weighted by atomic mass is 16.3. The third-order valence-electron chi connectivity index (χ3n) is 2.96. The van der Waals surface area contributed by atoms with Crippen molar-refractivity contribution in [2.24, 2.45) is 0 Å². The number of nitrogens with one attached hydrogen (secondary N) is 1. The molecule has 0 saturated heterocycles. The summed E-state index contributed by atoms with van der Waals surface area (Å²) in [5.41, 5.74) is 14.0. The summed E-state index contributed by atoms with van der Waals surface area (Å²) in [4.78, 5) is 0. The van der Waals surface area contributed by atoms with E-state index < -0.39 is 0 Å². The number of anilines is 2. The van der Waals surface area contributed by atoms with E-state index in [2.05, 4.69) is 5.32 Å². The summed E-state index contributed by atoms with van der Waals surface area (Å²) >= 11 is 0. The van der Waals surface area contributed by atoms with Crippen LogP contribution in [0.15, 0.2) is 36.4 Å². The smallest absolute Gasteiger partial charge is 0.120 e. The lowest BCUT2D eigenvalue weighted by Gasteiger charge is -2.06. The fourth-order valence-electron chi connectivity index (χ4n) is 1.71. The van der Waals surface area contributed by atoms with Crippen LogP contribution in [0.2, 0.25) is 0 Å². The normalized spacial score (nSPS) is 9.91. The van der Waals surface area contributed by atoms with E-state index in [4.69, 9.17) is 21.7 Å². The fraction of sp³-hybridized carbons (Fsp3) is 0.250. The number of aliphatic hydroxyl groups is 1. The zero-order valence-electron chi connectivity index (χ0n) is 12.6. The van der Waals surface area contributed by atoms with E-state index in [0.717, 1.165) is 11.1 Å². The number of benzene rings is 2. The van der Waals surface area contributed by atoms with Gasteiger partial charge in [0.05, 0.1) is 6.61 Å². The van der Waals surface area contributed by atoms with Crippen molar-refractivity contribution in [1.82, 2.24) is 5.32 Å². The van der Waals surface area contributed by atoms with Gasteiger partial charge in [-0.15, -0.1) is 0 Å². The number of aliphatic hydroxyl groups excluding tert-OH is 1. The Bertz CT molecular complexity index is 603. The third kappa shape index (κ3) is 5.90. The topological polar surface area (TPSA) is 125 Å². The summed E-state index contributed by atoms with van der Waals surface area (Å²) in [5, 5.41) is 29.7. The van der Waals surface area contributed by atoms with E-state index in [1.54, 1.807) is 36.4 Å². The molecule has 0 aliphatic carbocycles. The van der Waals surface area contributed by atoms with Gasteiger partial charge in [0, 0.05) is 30.0 Å². The average Bonchev–Trinajstić information content (AvgIpc) is 2.48. The van der Waals surface area contributed by atoms with Crippen molar-refractivity contribution in [3.05, 3.63) is 47.5 Å². The minimum Gasteiger partial charge on any atom is -0.508 e. The second-order valence-electron chi connectivity index (χ2n) is 4.83. The molecular formula is C16H23N3O3. The van der Waals surface area contributed by atoms with Crippen molar-refractivity contribution in [2.45, 2.75) is 13.5 Å². The van der Waals surface area contributed by atoms with Gasteiger partial charge >= 0.3 is 0 Å². The van der Waals surface area contributed by atoms with Crippen molar-refractivity contribution in [2.75, 3.05) is 24.6 Å². The standard InChI is InChI=1S/C9H14N2O2.C7H9NO/c10-8-1-2-9(13)7(5-8)6-11-3-4-12;1-5-4-6(9)2-3-7(5)8/h1-2,5,11-13H,3-4,6,10H2;2-4,9H,8H2,1H3. The largest absolute Gasteiger partial charge is 0.508 e. The molecule has 0 aliphatic rings. The zero-order chi connectivity index (χ0) is 16.5. The Kier molecular flexibility index (Phi) is 7.01. The van der Waals surface area contributed by atoms with Crippen LogP contribution in [0.25, 0.3) is 0 Å². The molecule has 120 valence electrons. The number of phenolic OH excluding ortho intramolecular Hbond substituents is 2. The maximum Gasteiger partial charge on any atom is 0.120 e. The summed E-state index contributed by atoms with van der Waals surface area (Å²) in [6.45, 7) is 2.96. The van der Waals surface area contributed by atoms with E-state index in [9.17, 15) is 5.11 Å². The van der Waals surface area contributed by atoms with Gasteiger partial charge in [0.25, 0.3) is 0 Å². The highest BCUT2D eigenvalue weighted by Gasteiger charge is 2.00. The molecule has 2 aromatic carbocycles. The Morgan fingerprint density at radius 2 is 1.77 bits per heavy atom. The minimum absolute atomic E-state index is 0.0864. The molecule has 22 heavy (non-hydrogen) atoms. The monoisotopic (exact) mass is 305 g/mol. The summed E-state index contributed by atoms with van der Waals surface area (Å²) < 4.78 is 0.